The third-order valence-electron chi connectivity index (χ3n) is 4.70. The van der Waals surface area contributed by atoms with Gasteiger partial charge < -0.3 is 4.57 Å². The number of rotatable bonds is 1. The summed E-state index contributed by atoms with van der Waals surface area (Å²) in [7, 11) is 0. The fourth-order valence-electron chi connectivity index (χ4n) is 3.63. The number of nitrogens with zero attached hydrogens (tertiary/aromatic N) is 1. The maximum Gasteiger partial charge on any atom is 0.0542 e. The smallest absolute Gasteiger partial charge is 0.0542 e. The summed E-state index contributed by atoms with van der Waals surface area (Å²) in [6.07, 6.45) is 0. The highest BCUT2D eigenvalue weighted by Gasteiger charge is 2.14. The van der Waals surface area contributed by atoms with Crippen molar-refractivity contribution in [2.24, 2.45) is 0 Å². The van der Waals surface area contributed by atoms with Crippen LogP contribution in [-0.4, -0.2) is 4.57 Å². The molecule has 0 atom stereocenters. The molecule has 0 saturated carbocycles. The van der Waals surface area contributed by atoms with Gasteiger partial charge in [-0.25, -0.2) is 0 Å². The number of hydrogen-bond acceptors (Lipinski definition) is 0. The zero-order valence-corrected chi connectivity index (χ0v) is 16.4. The highest BCUT2D eigenvalue weighted by Crippen LogP contribution is 2.36. The molecule has 0 bridgehead atoms. The Morgan fingerprint density at radius 1 is 0.560 bits per heavy atom. The predicted molar refractivity (Wildman–Crippen MR) is 114 cm³/mol. The van der Waals surface area contributed by atoms with E-state index in [1.807, 2.05) is 0 Å². The summed E-state index contributed by atoms with van der Waals surface area (Å²) in [6.45, 7) is 0. The molecule has 120 valence electrons. The van der Waals surface area contributed by atoms with Crippen molar-refractivity contribution in [3.05, 3.63) is 87.8 Å². The van der Waals surface area contributed by atoms with Gasteiger partial charge in [-0.2, -0.15) is 0 Å². The summed E-state index contributed by atoms with van der Waals surface area (Å²) in [5.74, 6) is 0. The molecular weight excluding hydrogens is 438 g/mol. The molecule has 0 fully saturated rings. The highest BCUT2D eigenvalue weighted by atomic mass is 79.9. The topological polar surface area (TPSA) is 4.93 Å². The van der Waals surface area contributed by atoms with Crippen molar-refractivity contribution >= 4 is 64.4 Å². The molecule has 0 radical (unpaired) electrons. The van der Waals surface area contributed by atoms with Crippen molar-refractivity contribution in [2.45, 2.75) is 0 Å². The highest BCUT2D eigenvalue weighted by molar-refractivity contribution is 9.10. The molecule has 0 aliphatic carbocycles. The summed E-state index contributed by atoms with van der Waals surface area (Å²) in [5, 5.41) is 5.01. The van der Waals surface area contributed by atoms with Gasteiger partial charge in [0.05, 0.1) is 16.7 Å². The average molecular weight is 451 g/mol. The minimum Gasteiger partial charge on any atom is -0.309 e. The SMILES string of the molecule is Brc1ccc2c(c1)c1cc(Br)ccc1n2-c1cccc2ccccc12. The van der Waals surface area contributed by atoms with Crippen molar-refractivity contribution in [3.63, 3.8) is 0 Å². The van der Waals surface area contributed by atoms with E-state index in [0.717, 1.165) is 8.95 Å². The molecule has 0 saturated heterocycles. The number of benzene rings is 4. The fourth-order valence-corrected chi connectivity index (χ4v) is 4.35. The molecule has 0 amide bonds. The Bertz CT molecular complexity index is 1200. The lowest BCUT2D eigenvalue weighted by atomic mass is 10.1. The Morgan fingerprint density at radius 2 is 1.16 bits per heavy atom. The molecule has 0 aliphatic rings. The lowest BCUT2D eigenvalue weighted by Crippen LogP contribution is -1.94. The number of halogens is 2. The minimum absolute atomic E-state index is 1.09. The van der Waals surface area contributed by atoms with Crippen LogP contribution in [0.15, 0.2) is 87.8 Å². The van der Waals surface area contributed by atoms with Gasteiger partial charge in [0, 0.05) is 25.1 Å². The molecule has 0 unspecified atom stereocenters. The van der Waals surface area contributed by atoms with Crippen LogP contribution in [0.4, 0.5) is 0 Å². The summed E-state index contributed by atoms with van der Waals surface area (Å²) in [5.41, 5.74) is 3.64. The van der Waals surface area contributed by atoms with Crippen LogP contribution in [0, 0.1) is 0 Å². The largest absolute Gasteiger partial charge is 0.309 e. The quantitative estimate of drug-likeness (QED) is 0.249. The van der Waals surface area contributed by atoms with Crippen LogP contribution in [-0.2, 0) is 0 Å². The van der Waals surface area contributed by atoms with Crippen molar-refractivity contribution in [3.8, 4) is 5.69 Å². The Labute approximate surface area is 162 Å². The number of hydrogen-bond donors (Lipinski definition) is 0. The predicted octanol–water partition coefficient (Wildman–Crippen LogP) is 7.46. The van der Waals surface area contributed by atoms with Crippen molar-refractivity contribution in [2.75, 3.05) is 0 Å². The minimum atomic E-state index is 1.09. The van der Waals surface area contributed by atoms with Crippen LogP contribution < -0.4 is 0 Å². The van der Waals surface area contributed by atoms with E-state index in [1.165, 1.54) is 38.3 Å². The maximum atomic E-state index is 3.62. The second-order valence-corrected chi connectivity index (χ2v) is 7.99. The molecule has 1 aromatic heterocycles. The van der Waals surface area contributed by atoms with Gasteiger partial charge in [-0.15, -0.1) is 0 Å². The van der Waals surface area contributed by atoms with E-state index >= 15 is 0 Å². The van der Waals surface area contributed by atoms with Gasteiger partial charge in [0.2, 0.25) is 0 Å². The van der Waals surface area contributed by atoms with Crippen molar-refractivity contribution < 1.29 is 0 Å². The zero-order chi connectivity index (χ0) is 17.0. The molecule has 25 heavy (non-hydrogen) atoms. The van der Waals surface area contributed by atoms with Gasteiger partial charge in [0.25, 0.3) is 0 Å². The Hall–Kier alpha value is -2.10. The summed E-state index contributed by atoms with van der Waals surface area (Å²) in [4.78, 5) is 0. The normalized spacial score (nSPS) is 11.6. The molecule has 1 nitrogen and oxygen atoms in total. The van der Waals surface area contributed by atoms with Crippen LogP contribution in [0.1, 0.15) is 0 Å². The summed E-state index contributed by atoms with van der Waals surface area (Å²) < 4.78 is 4.56. The molecule has 1 heterocycles. The Morgan fingerprint density at radius 3 is 1.84 bits per heavy atom. The lowest BCUT2D eigenvalue weighted by Gasteiger charge is -2.11. The van der Waals surface area contributed by atoms with Crippen molar-refractivity contribution in [1.82, 2.24) is 4.57 Å². The number of aromatic nitrogens is 1. The van der Waals surface area contributed by atoms with Crippen molar-refractivity contribution in [1.29, 1.82) is 0 Å². The first-order valence-corrected chi connectivity index (χ1v) is 9.68. The number of fused-ring (bicyclic) bond motifs is 4. The van der Waals surface area contributed by atoms with E-state index < -0.39 is 0 Å². The van der Waals surface area contributed by atoms with Gasteiger partial charge in [0.15, 0.2) is 0 Å². The van der Waals surface area contributed by atoms with E-state index in [1.54, 1.807) is 0 Å². The third kappa shape index (κ3) is 2.34. The Balaban J connectivity index is 2.01. The molecule has 0 N–H and O–H groups in total. The second-order valence-electron chi connectivity index (χ2n) is 6.16. The lowest BCUT2D eigenvalue weighted by molar-refractivity contribution is 1.20. The molecule has 4 aromatic carbocycles. The summed E-state index contributed by atoms with van der Waals surface area (Å²) in [6, 6.07) is 28.1. The molecule has 3 heteroatoms. The van der Waals surface area contributed by atoms with E-state index in [2.05, 4.69) is 115 Å². The van der Waals surface area contributed by atoms with Gasteiger partial charge in [-0.1, -0.05) is 68.3 Å². The second kappa shape index (κ2) is 5.72. The van der Waals surface area contributed by atoms with Gasteiger partial charge >= 0.3 is 0 Å². The molecule has 5 rings (SSSR count). The monoisotopic (exact) mass is 449 g/mol. The van der Waals surface area contributed by atoms with Crippen LogP contribution in [0.3, 0.4) is 0 Å². The standard InChI is InChI=1S/C22H13Br2N/c23-15-8-10-21-18(12-15)19-13-16(24)9-11-22(19)25(21)20-7-3-5-14-4-1-2-6-17(14)20/h1-13H. The Kier molecular flexibility index (Phi) is 3.47. The van der Waals surface area contributed by atoms with Gasteiger partial charge in [-0.3, -0.25) is 0 Å². The average Bonchev–Trinajstić information content (AvgIpc) is 2.94. The maximum absolute atomic E-state index is 3.62. The van der Waals surface area contributed by atoms with E-state index in [0.29, 0.717) is 0 Å². The van der Waals surface area contributed by atoms with Crippen LogP contribution >= 0.6 is 31.9 Å². The fraction of sp³-hybridized carbons (Fsp3) is 0. The first-order valence-electron chi connectivity index (χ1n) is 8.10. The van der Waals surface area contributed by atoms with E-state index in [9.17, 15) is 0 Å². The molecule has 0 spiro atoms. The third-order valence-corrected chi connectivity index (χ3v) is 5.68. The van der Waals surface area contributed by atoms with E-state index in [-0.39, 0.29) is 0 Å². The molecule has 0 aliphatic heterocycles. The summed E-state index contributed by atoms with van der Waals surface area (Å²) >= 11 is 7.24. The first-order chi connectivity index (χ1) is 12.2. The first kappa shape index (κ1) is 15.2. The van der Waals surface area contributed by atoms with E-state index in [4.69, 9.17) is 0 Å². The molecular formula is C22H13Br2N. The van der Waals surface area contributed by atoms with Crippen LogP contribution in [0.2, 0.25) is 0 Å². The van der Waals surface area contributed by atoms with Crippen LogP contribution in [0.25, 0.3) is 38.3 Å². The molecule has 5 aromatic rings. The van der Waals surface area contributed by atoms with Gasteiger partial charge in [0.1, 0.15) is 0 Å². The van der Waals surface area contributed by atoms with Crippen LogP contribution in [0.5, 0.6) is 0 Å². The van der Waals surface area contributed by atoms with Gasteiger partial charge in [-0.05, 0) is 47.9 Å². The zero-order valence-electron chi connectivity index (χ0n) is 13.2.